The summed E-state index contributed by atoms with van der Waals surface area (Å²) < 4.78 is 0.712. The number of rotatable bonds is 1. The molecule has 96 valence electrons. The summed E-state index contributed by atoms with van der Waals surface area (Å²) in [5, 5.41) is 9.66. The summed E-state index contributed by atoms with van der Waals surface area (Å²) in [5.74, 6) is 0.523. The smallest absolute Gasteiger partial charge is 0.327 e. The highest BCUT2D eigenvalue weighted by Gasteiger charge is 2.10. The van der Waals surface area contributed by atoms with E-state index in [2.05, 4.69) is 19.9 Å². The van der Waals surface area contributed by atoms with E-state index in [1.807, 2.05) is 22.6 Å². The molecule has 0 amide bonds. The molecule has 1 aromatic carbocycles. The van der Waals surface area contributed by atoms with Crippen molar-refractivity contribution >= 4 is 33.8 Å². The van der Waals surface area contributed by atoms with Gasteiger partial charge >= 0.3 is 5.69 Å². The molecule has 0 saturated heterocycles. The molecule has 7 nitrogen and oxygen atoms in total. The maximum atomic E-state index is 11.6. The molecule has 0 aliphatic heterocycles. The molecule has 0 atom stereocenters. The van der Waals surface area contributed by atoms with E-state index in [4.69, 9.17) is 0 Å². The zero-order chi connectivity index (χ0) is 13.6. The molecule has 19 heavy (non-hydrogen) atoms. The fraction of sp³-hybridized carbons (Fsp3) is 0. The zero-order valence-corrected chi connectivity index (χ0v) is 11.5. The first-order valence-electron chi connectivity index (χ1n) is 5.26. The zero-order valence-electron chi connectivity index (χ0n) is 9.32. The maximum Gasteiger partial charge on any atom is 0.327 e. The predicted molar refractivity (Wildman–Crippen MR) is 77.2 cm³/mol. The van der Waals surface area contributed by atoms with Gasteiger partial charge in [0.2, 0.25) is 0 Å². The molecule has 0 aliphatic rings. The van der Waals surface area contributed by atoms with E-state index < -0.39 is 11.2 Å². The molecule has 0 bridgehead atoms. The van der Waals surface area contributed by atoms with E-state index in [0.29, 0.717) is 15.0 Å². The third-order valence-electron chi connectivity index (χ3n) is 2.61. The molecule has 3 rings (SSSR count). The molecule has 8 heteroatoms. The number of aromatic nitrogens is 4. The molecule has 0 unspecified atom stereocenters. The van der Waals surface area contributed by atoms with Crippen LogP contribution in [0, 0.1) is 3.57 Å². The number of aromatic amines is 3. The van der Waals surface area contributed by atoms with Gasteiger partial charge in [-0.2, -0.15) is 0 Å². The van der Waals surface area contributed by atoms with Crippen molar-refractivity contribution in [1.29, 1.82) is 0 Å². The number of halogens is 1. The molecule has 4 N–H and O–H groups in total. The van der Waals surface area contributed by atoms with E-state index >= 15 is 0 Å². The third kappa shape index (κ3) is 2.03. The van der Waals surface area contributed by atoms with Crippen LogP contribution in [0.2, 0.25) is 0 Å². The Hall–Kier alpha value is -2.10. The van der Waals surface area contributed by atoms with Gasteiger partial charge in [0.1, 0.15) is 17.1 Å². The number of phenolic OH excluding ortho intramolecular Hbond substituents is 1. The van der Waals surface area contributed by atoms with Crippen LogP contribution >= 0.6 is 22.6 Å². The lowest BCUT2D eigenvalue weighted by atomic mass is 10.2. The highest BCUT2D eigenvalue weighted by Crippen LogP contribution is 2.26. The Kier molecular flexibility index (Phi) is 2.66. The first-order valence-corrected chi connectivity index (χ1v) is 6.33. The second-order valence-corrected chi connectivity index (χ2v) is 5.05. The van der Waals surface area contributed by atoms with E-state index in [1.54, 1.807) is 12.1 Å². The largest absolute Gasteiger partial charge is 0.507 e. The van der Waals surface area contributed by atoms with Gasteiger partial charge in [0.25, 0.3) is 5.56 Å². The number of hydrogen-bond acceptors (Lipinski definition) is 4. The number of phenols is 1. The molecule has 0 spiro atoms. The van der Waals surface area contributed by atoms with Crippen LogP contribution in [-0.2, 0) is 0 Å². The summed E-state index contributed by atoms with van der Waals surface area (Å²) in [7, 11) is 0. The van der Waals surface area contributed by atoms with Crippen molar-refractivity contribution in [3.8, 4) is 17.1 Å². The van der Waals surface area contributed by atoms with E-state index in [0.717, 1.165) is 0 Å². The van der Waals surface area contributed by atoms with Crippen molar-refractivity contribution in [3.63, 3.8) is 0 Å². The monoisotopic (exact) mass is 370 g/mol. The fourth-order valence-corrected chi connectivity index (χ4v) is 2.06. The van der Waals surface area contributed by atoms with Crippen molar-refractivity contribution in [2.75, 3.05) is 0 Å². The number of benzene rings is 1. The Balaban J connectivity index is 2.26. The Morgan fingerprint density at radius 3 is 2.68 bits per heavy atom. The van der Waals surface area contributed by atoms with E-state index in [1.165, 1.54) is 6.07 Å². The molecule has 0 fully saturated rings. The molecule has 2 aromatic heterocycles. The highest BCUT2D eigenvalue weighted by molar-refractivity contribution is 14.1. The quantitative estimate of drug-likeness (QED) is 0.477. The van der Waals surface area contributed by atoms with Crippen LogP contribution in [0.5, 0.6) is 5.75 Å². The maximum absolute atomic E-state index is 11.6. The number of hydrogen-bond donors (Lipinski definition) is 4. The van der Waals surface area contributed by atoms with Gasteiger partial charge in [0, 0.05) is 5.56 Å². The van der Waals surface area contributed by atoms with Gasteiger partial charge in [-0.05, 0) is 40.8 Å². The van der Waals surface area contributed by atoms with Gasteiger partial charge in [-0.1, -0.05) is 0 Å². The lowest BCUT2D eigenvalue weighted by Crippen LogP contribution is -2.21. The Morgan fingerprint density at radius 1 is 1.16 bits per heavy atom. The van der Waals surface area contributed by atoms with Crippen molar-refractivity contribution in [3.05, 3.63) is 42.6 Å². The van der Waals surface area contributed by atoms with E-state index in [9.17, 15) is 14.7 Å². The topological polar surface area (TPSA) is 115 Å². The molecule has 0 aliphatic carbocycles. The van der Waals surface area contributed by atoms with Crippen molar-refractivity contribution in [2.45, 2.75) is 0 Å². The van der Waals surface area contributed by atoms with Gasteiger partial charge in [-0.25, -0.2) is 9.78 Å². The number of aromatic hydroxyl groups is 1. The molecule has 0 radical (unpaired) electrons. The lowest BCUT2D eigenvalue weighted by molar-refractivity contribution is 0.471. The first-order chi connectivity index (χ1) is 9.04. The van der Waals surface area contributed by atoms with Crippen LogP contribution in [0.15, 0.2) is 27.8 Å². The summed E-state index contributed by atoms with van der Waals surface area (Å²) in [6, 6.07) is 5.02. The second-order valence-electron chi connectivity index (χ2n) is 3.88. The van der Waals surface area contributed by atoms with Gasteiger partial charge in [0.15, 0.2) is 5.65 Å². The van der Waals surface area contributed by atoms with Crippen LogP contribution in [0.25, 0.3) is 22.6 Å². The van der Waals surface area contributed by atoms with Crippen LogP contribution in [0.4, 0.5) is 0 Å². The molecular formula is C11H7IN4O3. The average Bonchev–Trinajstić information content (AvgIpc) is 2.76. The lowest BCUT2D eigenvalue weighted by Gasteiger charge is -1.99. The van der Waals surface area contributed by atoms with Crippen molar-refractivity contribution in [2.24, 2.45) is 0 Å². The first kappa shape index (κ1) is 12.0. The Morgan fingerprint density at radius 2 is 1.95 bits per heavy atom. The number of fused-ring (bicyclic) bond motifs is 1. The summed E-state index contributed by atoms with van der Waals surface area (Å²) in [6.45, 7) is 0. The summed E-state index contributed by atoms with van der Waals surface area (Å²) in [5.41, 5.74) is -0.156. The minimum atomic E-state index is -0.610. The number of imidazole rings is 1. The normalized spacial score (nSPS) is 11.0. The van der Waals surface area contributed by atoms with Crippen LogP contribution in [-0.4, -0.2) is 25.0 Å². The fourth-order valence-electron chi connectivity index (χ4n) is 1.73. The summed E-state index contributed by atoms with van der Waals surface area (Å²) >= 11 is 2.00. The average molecular weight is 370 g/mol. The molecule has 2 heterocycles. The SMILES string of the molecule is O=c1[nH]c(=O)c2[nH]c(-c3ccc(I)c(O)c3)nc2[nH]1. The Bertz CT molecular complexity index is 893. The highest BCUT2D eigenvalue weighted by atomic mass is 127. The van der Waals surface area contributed by atoms with Crippen LogP contribution in [0.1, 0.15) is 0 Å². The minimum Gasteiger partial charge on any atom is -0.507 e. The second kappa shape index (κ2) is 4.23. The minimum absolute atomic E-state index is 0.126. The standard InChI is InChI=1S/C11H7IN4O3/c12-5-2-1-4(3-6(5)17)8-13-7-9(14-8)15-11(19)16-10(7)18/h1-3,17H,(H3,13,14,15,16,18,19). The van der Waals surface area contributed by atoms with Crippen LogP contribution < -0.4 is 11.2 Å². The number of H-pyrrole nitrogens is 3. The van der Waals surface area contributed by atoms with E-state index in [-0.39, 0.29) is 16.9 Å². The van der Waals surface area contributed by atoms with Gasteiger partial charge < -0.3 is 10.1 Å². The molecule has 3 aromatic rings. The summed E-state index contributed by atoms with van der Waals surface area (Å²) in [4.78, 5) is 34.2. The van der Waals surface area contributed by atoms with Crippen LogP contribution in [0.3, 0.4) is 0 Å². The summed E-state index contributed by atoms with van der Waals surface area (Å²) in [6.07, 6.45) is 0. The number of nitrogens with zero attached hydrogens (tertiary/aromatic N) is 1. The van der Waals surface area contributed by atoms with Gasteiger partial charge in [0.05, 0.1) is 3.57 Å². The Labute approximate surface area is 118 Å². The van der Waals surface area contributed by atoms with Gasteiger partial charge in [-0.3, -0.25) is 14.8 Å². The van der Waals surface area contributed by atoms with Crippen molar-refractivity contribution in [1.82, 2.24) is 19.9 Å². The van der Waals surface area contributed by atoms with Crippen molar-refractivity contribution < 1.29 is 5.11 Å². The third-order valence-corrected chi connectivity index (χ3v) is 3.52. The number of nitrogens with one attached hydrogen (secondary N) is 3. The predicted octanol–water partition coefficient (Wildman–Crippen LogP) is 0.917. The molecular weight excluding hydrogens is 363 g/mol. The van der Waals surface area contributed by atoms with Gasteiger partial charge in [-0.15, -0.1) is 0 Å². The molecule has 0 saturated carbocycles.